The molecule has 0 unspecified atom stereocenters. The highest BCUT2D eigenvalue weighted by Crippen LogP contribution is 2.27. The maximum absolute atomic E-state index is 12.1. The molecule has 4 nitrogen and oxygen atoms in total. The Morgan fingerprint density at radius 2 is 1.88 bits per heavy atom. The summed E-state index contributed by atoms with van der Waals surface area (Å²) < 4.78 is 25.1. The van der Waals surface area contributed by atoms with Crippen molar-refractivity contribution < 1.29 is 8.42 Å². The van der Waals surface area contributed by atoms with E-state index < -0.39 is 9.84 Å². The molecule has 16 heavy (non-hydrogen) atoms. The number of nitrogens with zero attached hydrogens (tertiary/aromatic N) is 1. The molecule has 0 bridgehead atoms. The van der Waals surface area contributed by atoms with Crippen LogP contribution in [-0.4, -0.2) is 13.4 Å². The normalized spacial score (nSPS) is 11.6. The Hall–Kier alpha value is -0.920. The van der Waals surface area contributed by atoms with Gasteiger partial charge in [0.2, 0.25) is 9.84 Å². The van der Waals surface area contributed by atoms with Gasteiger partial charge in [0.05, 0.1) is 11.1 Å². The van der Waals surface area contributed by atoms with Crippen LogP contribution in [0, 0.1) is 0 Å². The summed E-state index contributed by atoms with van der Waals surface area (Å²) in [5, 5.41) is 0.246. The fraction of sp³-hybridized carbons (Fsp3) is 0. The summed E-state index contributed by atoms with van der Waals surface area (Å²) in [4.78, 5) is 3.97. The Balaban J connectivity index is 2.51. The fourth-order valence-electron chi connectivity index (χ4n) is 1.13. The quantitative estimate of drug-likeness (QED) is 0.922. The zero-order valence-corrected chi connectivity index (χ0v) is 11.1. The molecular weight excluding hydrogens is 312 g/mol. The Morgan fingerprint density at radius 3 is 2.38 bits per heavy atom. The van der Waals surface area contributed by atoms with Gasteiger partial charge >= 0.3 is 0 Å². The van der Waals surface area contributed by atoms with E-state index in [0.29, 0.717) is 0 Å². The number of hydrogen-bond acceptors (Lipinski definition) is 5. The predicted molar refractivity (Wildman–Crippen MR) is 66.1 cm³/mol. The van der Waals surface area contributed by atoms with E-state index in [2.05, 4.69) is 20.9 Å². The molecule has 0 saturated carbocycles. The molecule has 0 aliphatic heterocycles. The van der Waals surface area contributed by atoms with Gasteiger partial charge in [0.15, 0.2) is 5.13 Å². The number of anilines is 1. The van der Waals surface area contributed by atoms with Crippen LogP contribution in [0.2, 0.25) is 0 Å². The summed E-state index contributed by atoms with van der Waals surface area (Å²) in [6.45, 7) is 0. The van der Waals surface area contributed by atoms with E-state index in [1.54, 1.807) is 12.1 Å². The second kappa shape index (κ2) is 4.15. The summed E-state index contributed by atoms with van der Waals surface area (Å²) >= 11 is 4.21. The fourth-order valence-corrected chi connectivity index (χ4v) is 3.71. The van der Waals surface area contributed by atoms with E-state index in [0.717, 1.165) is 15.8 Å². The van der Waals surface area contributed by atoms with Gasteiger partial charge in [-0.05, 0) is 24.3 Å². The second-order valence-electron chi connectivity index (χ2n) is 2.97. The van der Waals surface area contributed by atoms with Gasteiger partial charge in [-0.25, -0.2) is 13.4 Å². The van der Waals surface area contributed by atoms with E-state index in [1.807, 2.05) is 0 Å². The van der Waals surface area contributed by atoms with Crippen LogP contribution in [0.3, 0.4) is 0 Å². The molecule has 2 rings (SSSR count). The highest BCUT2D eigenvalue weighted by molar-refractivity contribution is 9.10. The van der Waals surface area contributed by atoms with Crippen molar-refractivity contribution in [3.05, 3.63) is 34.9 Å². The molecule has 2 N–H and O–H groups in total. The molecule has 0 spiro atoms. The topological polar surface area (TPSA) is 73.0 Å². The summed E-state index contributed by atoms with van der Waals surface area (Å²) in [7, 11) is -3.48. The molecule has 0 radical (unpaired) electrons. The number of thiazole rings is 1. The Labute approximate surface area is 105 Å². The minimum Gasteiger partial charge on any atom is -0.375 e. The van der Waals surface area contributed by atoms with Crippen LogP contribution >= 0.6 is 27.3 Å². The molecule has 84 valence electrons. The highest BCUT2D eigenvalue weighted by Gasteiger charge is 2.20. The third kappa shape index (κ3) is 2.11. The van der Waals surface area contributed by atoms with Crippen LogP contribution in [0.5, 0.6) is 0 Å². The first-order valence-electron chi connectivity index (χ1n) is 4.22. The van der Waals surface area contributed by atoms with Crippen LogP contribution in [0.15, 0.2) is 44.0 Å². The van der Waals surface area contributed by atoms with Gasteiger partial charge in [0.1, 0.15) is 4.21 Å². The molecule has 0 aliphatic rings. The van der Waals surface area contributed by atoms with Crippen molar-refractivity contribution in [2.75, 3.05) is 5.73 Å². The van der Waals surface area contributed by atoms with Gasteiger partial charge in [0.25, 0.3) is 0 Å². The van der Waals surface area contributed by atoms with E-state index in [4.69, 9.17) is 5.73 Å². The zero-order valence-electron chi connectivity index (χ0n) is 7.92. The molecule has 7 heteroatoms. The number of nitrogens with two attached hydrogens (primary N) is 1. The molecule has 1 aromatic heterocycles. The average Bonchev–Trinajstić information content (AvgIpc) is 2.66. The summed E-state index contributed by atoms with van der Waals surface area (Å²) in [6.07, 6.45) is 1.28. The van der Waals surface area contributed by atoms with Crippen LogP contribution in [0.1, 0.15) is 0 Å². The number of rotatable bonds is 2. The largest absolute Gasteiger partial charge is 0.375 e. The van der Waals surface area contributed by atoms with Crippen molar-refractivity contribution in [1.82, 2.24) is 4.98 Å². The molecule has 2 aromatic rings. The molecule has 0 aliphatic carbocycles. The van der Waals surface area contributed by atoms with Crippen LogP contribution in [0.4, 0.5) is 5.13 Å². The van der Waals surface area contributed by atoms with Crippen molar-refractivity contribution >= 4 is 42.2 Å². The van der Waals surface area contributed by atoms with Crippen LogP contribution < -0.4 is 5.73 Å². The molecule has 0 amide bonds. The second-order valence-corrected chi connectivity index (χ2v) is 7.13. The molecule has 0 atom stereocenters. The van der Waals surface area contributed by atoms with Gasteiger partial charge in [-0.3, -0.25) is 0 Å². The van der Waals surface area contributed by atoms with Crippen molar-refractivity contribution in [3.8, 4) is 0 Å². The van der Waals surface area contributed by atoms with E-state index in [1.165, 1.54) is 18.3 Å². The Bertz CT molecular complexity index is 605. The molecular formula is C9H7BrN2O2S2. The zero-order chi connectivity index (χ0) is 11.8. The Kier molecular flexibility index (Phi) is 3.00. The predicted octanol–water partition coefficient (Wildman–Crippen LogP) is 2.32. The van der Waals surface area contributed by atoms with Crippen molar-refractivity contribution in [2.24, 2.45) is 0 Å². The van der Waals surface area contributed by atoms with Crippen molar-refractivity contribution in [3.63, 3.8) is 0 Å². The maximum Gasteiger partial charge on any atom is 0.217 e. The monoisotopic (exact) mass is 318 g/mol. The summed E-state index contributed by atoms with van der Waals surface area (Å²) in [5.41, 5.74) is 5.41. The summed E-state index contributed by atoms with van der Waals surface area (Å²) in [6, 6.07) is 6.43. The lowest BCUT2D eigenvalue weighted by molar-refractivity contribution is 0.598. The molecule has 0 fully saturated rings. The minimum atomic E-state index is -3.48. The third-order valence-corrected chi connectivity index (χ3v) is 5.48. The molecule has 1 aromatic carbocycles. The smallest absolute Gasteiger partial charge is 0.217 e. The third-order valence-electron chi connectivity index (χ3n) is 1.89. The van der Waals surface area contributed by atoms with E-state index in [9.17, 15) is 8.42 Å². The van der Waals surface area contributed by atoms with Gasteiger partial charge in [0, 0.05) is 4.47 Å². The minimum absolute atomic E-state index is 0.160. The lowest BCUT2D eigenvalue weighted by Crippen LogP contribution is -1.98. The lowest BCUT2D eigenvalue weighted by Gasteiger charge is -2.00. The van der Waals surface area contributed by atoms with Crippen LogP contribution in [-0.2, 0) is 9.84 Å². The number of aromatic nitrogens is 1. The Morgan fingerprint density at radius 1 is 1.25 bits per heavy atom. The number of nitrogen functional groups attached to an aromatic ring is 1. The lowest BCUT2D eigenvalue weighted by atomic mass is 10.4. The van der Waals surface area contributed by atoms with E-state index in [-0.39, 0.29) is 14.2 Å². The van der Waals surface area contributed by atoms with Gasteiger partial charge < -0.3 is 5.73 Å². The number of sulfone groups is 1. The molecule has 0 saturated heterocycles. The van der Waals surface area contributed by atoms with Gasteiger partial charge in [-0.2, -0.15) is 0 Å². The highest BCUT2D eigenvalue weighted by atomic mass is 79.9. The van der Waals surface area contributed by atoms with E-state index >= 15 is 0 Å². The number of hydrogen-bond donors (Lipinski definition) is 1. The first-order chi connectivity index (χ1) is 7.50. The summed E-state index contributed by atoms with van der Waals surface area (Å²) in [5.74, 6) is 0. The first kappa shape index (κ1) is 11.6. The van der Waals surface area contributed by atoms with Crippen molar-refractivity contribution in [2.45, 2.75) is 9.10 Å². The van der Waals surface area contributed by atoms with Gasteiger partial charge in [-0.1, -0.05) is 27.3 Å². The number of benzene rings is 1. The van der Waals surface area contributed by atoms with Gasteiger partial charge in [-0.15, -0.1) is 0 Å². The van der Waals surface area contributed by atoms with Crippen LogP contribution in [0.25, 0.3) is 0 Å². The van der Waals surface area contributed by atoms with Crippen molar-refractivity contribution in [1.29, 1.82) is 0 Å². The molecule has 1 heterocycles. The SMILES string of the molecule is Nc1ncc(S(=O)(=O)c2ccc(Br)cc2)s1. The first-order valence-corrected chi connectivity index (χ1v) is 7.31. The standard InChI is InChI=1S/C9H7BrN2O2S2/c10-6-1-3-7(4-2-6)16(13,14)8-5-12-9(11)15-8/h1-5H,(H2,11,12). The average molecular weight is 319 g/mol. The maximum atomic E-state index is 12.1. The number of halogens is 1.